The van der Waals surface area contributed by atoms with E-state index in [2.05, 4.69) is 12.2 Å². The quantitative estimate of drug-likeness (QED) is 0.712. The summed E-state index contributed by atoms with van der Waals surface area (Å²) >= 11 is 0. The SMILES string of the molecule is CCCNC1CCOCC1S(=O)(=O)CCOC. The van der Waals surface area contributed by atoms with E-state index in [-0.39, 0.29) is 18.4 Å². The summed E-state index contributed by atoms with van der Waals surface area (Å²) in [6, 6.07) is 0.0190. The zero-order chi connectivity index (χ0) is 12.7. The zero-order valence-electron chi connectivity index (χ0n) is 10.6. The summed E-state index contributed by atoms with van der Waals surface area (Å²) in [5.41, 5.74) is 0. The van der Waals surface area contributed by atoms with Crippen molar-refractivity contribution in [1.82, 2.24) is 5.32 Å². The van der Waals surface area contributed by atoms with Crippen LogP contribution in [0.15, 0.2) is 0 Å². The van der Waals surface area contributed by atoms with Gasteiger partial charge in [-0.1, -0.05) is 6.92 Å². The Morgan fingerprint density at radius 2 is 2.24 bits per heavy atom. The Kier molecular flexibility index (Phi) is 6.40. The second-order valence-electron chi connectivity index (χ2n) is 4.32. The summed E-state index contributed by atoms with van der Waals surface area (Å²) in [6.45, 7) is 4.10. The lowest BCUT2D eigenvalue weighted by Crippen LogP contribution is -2.51. The Bertz CT molecular complexity index is 305. The van der Waals surface area contributed by atoms with E-state index in [1.165, 1.54) is 7.11 Å². The van der Waals surface area contributed by atoms with Crippen LogP contribution in [0.4, 0.5) is 0 Å². The van der Waals surface area contributed by atoms with Crippen molar-refractivity contribution in [3.8, 4) is 0 Å². The number of methoxy groups -OCH3 is 1. The summed E-state index contributed by atoms with van der Waals surface area (Å²) in [4.78, 5) is 0. The van der Waals surface area contributed by atoms with Crippen molar-refractivity contribution in [3.63, 3.8) is 0 Å². The van der Waals surface area contributed by atoms with Gasteiger partial charge < -0.3 is 14.8 Å². The van der Waals surface area contributed by atoms with Crippen LogP contribution in [0.2, 0.25) is 0 Å². The molecule has 0 aromatic rings. The number of sulfone groups is 1. The topological polar surface area (TPSA) is 64.6 Å². The molecule has 0 spiro atoms. The van der Waals surface area contributed by atoms with E-state index in [1.807, 2.05) is 0 Å². The second-order valence-corrected chi connectivity index (χ2v) is 6.66. The first-order valence-corrected chi connectivity index (χ1v) is 7.85. The Labute approximate surface area is 104 Å². The predicted octanol–water partition coefficient (Wildman–Crippen LogP) is 0.205. The zero-order valence-corrected chi connectivity index (χ0v) is 11.5. The fourth-order valence-electron chi connectivity index (χ4n) is 1.98. The Morgan fingerprint density at radius 1 is 1.47 bits per heavy atom. The van der Waals surface area contributed by atoms with E-state index >= 15 is 0 Å². The van der Waals surface area contributed by atoms with Crippen molar-refractivity contribution in [2.45, 2.75) is 31.1 Å². The minimum Gasteiger partial charge on any atom is -0.384 e. The van der Waals surface area contributed by atoms with E-state index in [9.17, 15) is 8.42 Å². The van der Waals surface area contributed by atoms with Crippen LogP contribution >= 0.6 is 0 Å². The van der Waals surface area contributed by atoms with Crippen LogP contribution in [-0.2, 0) is 19.3 Å². The largest absolute Gasteiger partial charge is 0.384 e. The fraction of sp³-hybridized carbons (Fsp3) is 1.00. The van der Waals surface area contributed by atoms with Crippen LogP contribution in [0.1, 0.15) is 19.8 Å². The van der Waals surface area contributed by atoms with Gasteiger partial charge in [-0.3, -0.25) is 0 Å². The molecule has 0 aromatic carbocycles. The first-order chi connectivity index (χ1) is 8.11. The van der Waals surface area contributed by atoms with Gasteiger partial charge in [0.15, 0.2) is 9.84 Å². The molecular formula is C11H23NO4S. The number of nitrogens with one attached hydrogen (secondary N) is 1. The molecule has 1 saturated heterocycles. The second kappa shape index (κ2) is 7.31. The molecule has 2 atom stereocenters. The maximum absolute atomic E-state index is 12.1. The molecule has 0 saturated carbocycles. The molecule has 102 valence electrons. The van der Waals surface area contributed by atoms with Gasteiger partial charge in [-0.25, -0.2) is 8.42 Å². The molecule has 1 aliphatic rings. The third kappa shape index (κ3) is 4.54. The summed E-state index contributed by atoms with van der Waals surface area (Å²) in [7, 11) is -1.62. The van der Waals surface area contributed by atoms with E-state index in [1.54, 1.807) is 0 Å². The van der Waals surface area contributed by atoms with Crippen LogP contribution in [0.5, 0.6) is 0 Å². The molecule has 0 aromatic heterocycles. The van der Waals surface area contributed by atoms with Crippen molar-refractivity contribution in [2.24, 2.45) is 0 Å². The van der Waals surface area contributed by atoms with E-state index in [0.717, 1.165) is 19.4 Å². The van der Waals surface area contributed by atoms with Gasteiger partial charge in [0, 0.05) is 19.8 Å². The highest BCUT2D eigenvalue weighted by molar-refractivity contribution is 7.92. The van der Waals surface area contributed by atoms with Gasteiger partial charge in [0.1, 0.15) is 5.25 Å². The first-order valence-electron chi connectivity index (χ1n) is 6.13. The van der Waals surface area contributed by atoms with Crippen LogP contribution in [-0.4, -0.2) is 58.9 Å². The maximum Gasteiger partial charge on any atom is 0.159 e. The van der Waals surface area contributed by atoms with Gasteiger partial charge in [-0.15, -0.1) is 0 Å². The normalized spacial score (nSPS) is 26.0. The van der Waals surface area contributed by atoms with Crippen LogP contribution in [0, 0.1) is 0 Å². The molecule has 6 heteroatoms. The van der Waals surface area contributed by atoms with Crippen LogP contribution < -0.4 is 5.32 Å². The number of ether oxygens (including phenoxy) is 2. The lowest BCUT2D eigenvalue weighted by atomic mass is 10.1. The summed E-state index contributed by atoms with van der Waals surface area (Å²) in [6.07, 6.45) is 1.76. The van der Waals surface area contributed by atoms with Gasteiger partial charge in [0.25, 0.3) is 0 Å². The molecule has 1 heterocycles. The van der Waals surface area contributed by atoms with Gasteiger partial charge in [0.2, 0.25) is 0 Å². The third-order valence-corrected chi connectivity index (χ3v) is 5.12. The van der Waals surface area contributed by atoms with Gasteiger partial charge in [-0.2, -0.15) is 0 Å². The summed E-state index contributed by atoms with van der Waals surface area (Å²) in [5.74, 6) is 0.0713. The first kappa shape index (κ1) is 14.9. The van der Waals surface area contributed by atoms with E-state index in [4.69, 9.17) is 9.47 Å². The summed E-state index contributed by atoms with van der Waals surface area (Å²) in [5, 5.41) is 2.87. The van der Waals surface area contributed by atoms with Crippen LogP contribution in [0.25, 0.3) is 0 Å². The lowest BCUT2D eigenvalue weighted by molar-refractivity contribution is 0.0806. The van der Waals surface area contributed by atoms with Gasteiger partial charge in [-0.05, 0) is 19.4 Å². The average Bonchev–Trinajstić information content (AvgIpc) is 2.34. The molecule has 1 aliphatic heterocycles. The predicted molar refractivity (Wildman–Crippen MR) is 67.0 cm³/mol. The van der Waals surface area contributed by atoms with Crippen molar-refractivity contribution < 1.29 is 17.9 Å². The monoisotopic (exact) mass is 265 g/mol. The summed E-state index contributed by atoms with van der Waals surface area (Å²) < 4.78 is 34.4. The van der Waals surface area contributed by atoms with Crippen molar-refractivity contribution in [2.75, 3.05) is 39.2 Å². The Balaban J connectivity index is 2.62. The number of hydrogen-bond acceptors (Lipinski definition) is 5. The van der Waals surface area contributed by atoms with Crippen molar-refractivity contribution in [3.05, 3.63) is 0 Å². The minimum absolute atomic E-state index is 0.0190. The Morgan fingerprint density at radius 3 is 2.88 bits per heavy atom. The molecule has 0 amide bonds. The highest BCUT2D eigenvalue weighted by atomic mass is 32.2. The molecule has 0 radical (unpaired) electrons. The van der Waals surface area contributed by atoms with Crippen molar-refractivity contribution in [1.29, 1.82) is 0 Å². The van der Waals surface area contributed by atoms with Gasteiger partial charge in [0.05, 0.1) is 19.0 Å². The highest BCUT2D eigenvalue weighted by Crippen LogP contribution is 2.16. The number of rotatable bonds is 7. The average molecular weight is 265 g/mol. The van der Waals surface area contributed by atoms with Crippen LogP contribution in [0.3, 0.4) is 0 Å². The molecule has 1 rings (SSSR count). The molecule has 1 fully saturated rings. The molecule has 1 N–H and O–H groups in total. The smallest absolute Gasteiger partial charge is 0.159 e. The highest BCUT2D eigenvalue weighted by Gasteiger charge is 2.35. The fourth-order valence-corrected chi connectivity index (χ4v) is 3.72. The standard InChI is InChI=1S/C11H23NO4S/c1-3-5-12-10-4-6-16-9-11(10)17(13,14)8-7-15-2/h10-12H,3-9H2,1-2H3. The van der Waals surface area contributed by atoms with E-state index in [0.29, 0.717) is 13.2 Å². The molecule has 0 aliphatic carbocycles. The van der Waals surface area contributed by atoms with E-state index < -0.39 is 15.1 Å². The minimum atomic E-state index is -3.14. The van der Waals surface area contributed by atoms with Crippen molar-refractivity contribution >= 4 is 9.84 Å². The molecule has 2 unspecified atom stereocenters. The molecule has 5 nitrogen and oxygen atoms in total. The Hall–Kier alpha value is -0.170. The van der Waals surface area contributed by atoms with Gasteiger partial charge >= 0.3 is 0 Å². The lowest BCUT2D eigenvalue weighted by Gasteiger charge is -2.31. The maximum atomic E-state index is 12.1. The number of hydrogen-bond donors (Lipinski definition) is 1. The molecule has 17 heavy (non-hydrogen) atoms. The third-order valence-electron chi connectivity index (χ3n) is 2.99. The molecule has 0 bridgehead atoms. The molecular weight excluding hydrogens is 242 g/mol.